The average Bonchev–Trinajstić information content (AvgIpc) is 3.22. The van der Waals surface area contributed by atoms with Crippen molar-refractivity contribution in [2.24, 2.45) is 4.99 Å². The van der Waals surface area contributed by atoms with E-state index >= 15 is 0 Å². The smallest absolute Gasteiger partial charge is 0.254 e. The first kappa shape index (κ1) is 22.6. The number of nitrogens with zero attached hydrogens (tertiary/aromatic N) is 3. The number of anilines is 1. The van der Waals surface area contributed by atoms with E-state index in [1.807, 2.05) is 30.0 Å². The fourth-order valence-corrected chi connectivity index (χ4v) is 8.24. The highest BCUT2D eigenvalue weighted by Crippen LogP contribution is 2.35. The SMILES string of the molecule is CCC[C@H](C)N1CCN(C(=O)c2ccc(C)c(NC3=N[C@@H]4CS(=O)(=O)C[C@@H]4S3)c2)CC1. The topological polar surface area (TPSA) is 82.1 Å². The molecule has 0 bridgehead atoms. The lowest BCUT2D eigenvalue weighted by Crippen LogP contribution is -2.51. The number of hydrogen-bond acceptors (Lipinski definition) is 7. The average molecular weight is 465 g/mol. The van der Waals surface area contributed by atoms with Gasteiger partial charge >= 0.3 is 0 Å². The van der Waals surface area contributed by atoms with Gasteiger partial charge in [0.05, 0.1) is 17.5 Å². The van der Waals surface area contributed by atoms with E-state index in [2.05, 4.69) is 29.1 Å². The van der Waals surface area contributed by atoms with Crippen LogP contribution in [0.5, 0.6) is 0 Å². The second kappa shape index (κ2) is 9.11. The third kappa shape index (κ3) is 5.09. The number of amides is 1. The van der Waals surface area contributed by atoms with Gasteiger partial charge < -0.3 is 10.2 Å². The number of benzene rings is 1. The molecule has 3 aliphatic rings. The molecule has 9 heteroatoms. The number of carbonyl (C=O) groups excluding carboxylic acids is 1. The zero-order valence-corrected chi connectivity index (χ0v) is 20.1. The van der Waals surface area contributed by atoms with E-state index in [1.54, 1.807) is 0 Å². The number of thioether (sulfide) groups is 1. The van der Waals surface area contributed by atoms with Crippen molar-refractivity contribution in [2.75, 3.05) is 43.0 Å². The lowest BCUT2D eigenvalue weighted by Gasteiger charge is -2.38. The molecule has 3 heterocycles. The minimum atomic E-state index is -2.96. The van der Waals surface area contributed by atoms with Crippen LogP contribution in [0.2, 0.25) is 0 Å². The van der Waals surface area contributed by atoms with Crippen molar-refractivity contribution in [2.45, 2.75) is 50.9 Å². The van der Waals surface area contributed by atoms with Gasteiger partial charge in [0.1, 0.15) is 0 Å². The van der Waals surface area contributed by atoms with Crippen molar-refractivity contribution in [1.29, 1.82) is 0 Å². The summed E-state index contributed by atoms with van der Waals surface area (Å²) in [7, 11) is -2.96. The number of piperazine rings is 1. The molecule has 2 saturated heterocycles. The minimum Gasteiger partial charge on any atom is -0.336 e. The molecule has 0 aliphatic carbocycles. The van der Waals surface area contributed by atoms with Gasteiger partial charge in [0, 0.05) is 48.7 Å². The quantitative estimate of drug-likeness (QED) is 0.721. The maximum absolute atomic E-state index is 13.1. The maximum Gasteiger partial charge on any atom is 0.254 e. The molecule has 1 aromatic rings. The Balaban J connectivity index is 1.40. The number of aryl methyl sites for hydroxylation is 1. The Morgan fingerprint density at radius 1 is 1.26 bits per heavy atom. The van der Waals surface area contributed by atoms with E-state index in [0.29, 0.717) is 11.6 Å². The Bertz CT molecular complexity index is 971. The number of fused-ring (bicyclic) bond motifs is 1. The summed E-state index contributed by atoms with van der Waals surface area (Å²) in [6.45, 7) is 9.82. The van der Waals surface area contributed by atoms with Gasteiger partial charge in [-0.1, -0.05) is 31.2 Å². The van der Waals surface area contributed by atoms with E-state index in [-0.39, 0.29) is 28.7 Å². The van der Waals surface area contributed by atoms with Crippen LogP contribution in [0.3, 0.4) is 0 Å². The number of amidine groups is 1. The van der Waals surface area contributed by atoms with E-state index in [0.717, 1.165) is 42.6 Å². The molecule has 31 heavy (non-hydrogen) atoms. The van der Waals surface area contributed by atoms with Crippen LogP contribution in [0, 0.1) is 6.92 Å². The van der Waals surface area contributed by atoms with Crippen LogP contribution < -0.4 is 5.32 Å². The molecule has 1 amide bonds. The standard InChI is InChI=1S/C22H32N4O3S2/c1-4-5-16(3)25-8-10-26(11-9-25)21(27)17-7-6-15(2)18(12-17)23-22-24-19-13-31(28,29)14-20(19)30-22/h6-7,12,16,19-20H,4-5,8-11,13-14H2,1-3H3,(H,23,24)/t16-,19+,20-/m0/s1. The van der Waals surface area contributed by atoms with Gasteiger partial charge in [-0.3, -0.25) is 14.7 Å². The molecular weight excluding hydrogens is 432 g/mol. The zero-order valence-electron chi connectivity index (χ0n) is 18.5. The molecule has 3 atom stereocenters. The first-order chi connectivity index (χ1) is 14.8. The molecule has 0 aromatic heterocycles. The van der Waals surface area contributed by atoms with Crippen LogP contribution in [0.1, 0.15) is 42.6 Å². The summed E-state index contributed by atoms with van der Waals surface area (Å²) in [5.74, 6) is 0.392. The van der Waals surface area contributed by atoms with E-state index < -0.39 is 9.84 Å². The minimum absolute atomic E-state index is 0.00372. The van der Waals surface area contributed by atoms with E-state index in [9.17, 15) is 13.2 Å². The molecular formula is C22H32N4O3S2. The maximum atomic E-state index is 13.1. The Morgan fingerprint density at radius 2 is 2.00 bits per heavy atom. The number of nitrogens with one attached hydrogen (secondary N) is 1. The van der Waals surface area contributed by atoms with Gasteiger partial charge in [-0.25, -0.2) is 8.42 Å². The van der Waals surface area contributed by atoms with E-state index in [4.69, 9.17) is 0 Å². The van der Waals surface area contributed by atoms with Gasteiger partial charge in [0.15, 0.2) is 15.0 Å². The lowest BCUT2D eigenvalue weighted by atomic mass is 10.1. The predicted molar refractivity (Wildman–Crippen MR) is 128 cm³/mol. The first-order valence-corrected chi connectivity index (χ1v) is 13.8. The summed E-state index contributed by atoms with van der Waals surface area (Å²) in [4.78, 5) is 22.1. The summed E-state index contributed by atoms with van der Waals surface area (Å²) < 4.78 is 23.6. The molecule has 1 N–H and O–H groups in total. The number of sulfone groups is 1. The number of hydrogen-bond donors (Lipinski definition) is 1. The highest BCUT2D eigenvalue weighted by atomic mass is 32.2. The Labute approximate surface area is 189 Å². The number of rotatable bonds is 5. The summed E-state index contributed by atoms with van der Waals surface area (Å²) >= 11 is 1.50. The van der Waals surface area contributed by atoms with Gasteiger partial charge in [0.25, 0.3) is 5.91 Å². The van der Waals surface area contributed by atoms with Crippen LogP contribution in [-0.2, 0) is 9.84 Å². The largest absolute Gasteiger partial charge is 0.336 e. The van der Waals surface area contributed by atoms with Crippen molar-refractivity contribution in [3.05, 3.63) is 29.3 Å². The molecule has 0 spiro atoms. The fourth-order valence-electron chi connectivity index (χ4n) is 4.57. The number of aliphatic imine (C=N–C) groups is 1. The van der Waals surface area contributed by atoms with Gasteiger partial charge in [0.2, 0.25) is 0 Å². The highest BCUT2D eigenvalue weighted by molar-refractivity contribution is 8.15. The summed E-state index contributed by atoms with van der Waals surface area (Å²) in [5.41, 5.74) is 2.56. The van der Waals surface area contributed by atoms with Crippen LogP contribution in [-0.4, -0.2) is 84.3 Å². The fraction of sp³-hybridized carbons (Fsp3) is 0.636. The monoisotopic (exact) mass is 464 g/mol. The Morgan fingerprint density at radius 3 is 2.68 bits per heavy atom. The van der Waals surface area contributed by atoms with Gasteiger partial charge in [-0.05, 0) is 38.0 Å². The van der Waals surface area contributed by atoms with Crippen molar-refractivity contribution in [3.63, 3.8) is 0 Å². The van der Waals surface area contributed by atoms with Crippen LogP contribution >= 0.6 is 11.8 Å². The third-order valence-electron chi connectivity index (χ3n) is 6.48. The summed E-state index contributed by atoms with van der Waals surface area (Å²) in [5, 5.41) is 4.09. The molecule has 2 fully saturated rings. The second-order valence-electron chi connectivity index (χ2n) is 8.86. The normalized spacial score (nSPS) is 26.4. The summed E-state index contributed by atoms with van der Waals surface area (Å²) in [6.07, 6.45) is 2.37. The van der Waals surface area contributed by atoms with Crippen LogP contribution in [0.4, 0.5) is 5.69 Å². The Hall–Kier alpha value is -1.58. The lowest BCUT2D eigenvalue weighted by molar-refractivity contribution is 0.0575. The highest BCUT2D eigenvalue weighted by Gasteiger charge is 2.42. The predicted octanol–water partition coefficient (Wildman–Crippen LogP) is 2.62. The first-order valence-electron chi connectivity index (χ1n) is 11.1. The molecule has 170 valence electrons. The van der Waals surface area contributed by atoms with E-state index in [1.165, 1.54) is 24.6 Å². The molecule has 3 aliphatic heterocycles. The molecule has 0 unspecified atom stereocenters. The van der Waals surface area contributed by atoms with Crippen LogP contribution in [0.15, 0.2) is 23.2 Å². The van der Waals surface area contributed by atoms with Crippen molar-refractivity contribution in [3.8, 4) is 0 Å². The van der Waals surface area contributed by atoms with Crippen molar-refractivity contribution < 1.29 is 13.2 Å². The zero-order chi connectivity index (χ0) is 22.2. The van der Waals surface area contributed by atoms with Crippen molar-refractivity contribution >= 4 is 38.4 Å². The molecule has 0 radical (unpaired) electrons. The summed E-state index contributed by atoms with van der Waals surface area (Å²) in [6, 6.07) is 6.16. The molecule has 7 nitrogen and oxygen atoms in total. The Kier molecular flexibility index (Phi) is 6.65. The second-order valence-corrected chi connectivity index (χ2v) is 12.2. The van der Waals surface area contributed by atoms with Gasteiger partial charge in [-0.15, -0.1) is 0 Å². The van der Waals surface area contributed by atoms with Crippen molar-refractivity contribution in [1.82, 2.24) is 9.80 Å². The number of carbonyl (C=O) groups is 1. The molecule has 1 aromatic carbocycles. The third-order valence-corrected chi connectivity index (χ3v) is 9.62. The molecule has 4 rings (SSSR count). The van der Waals surface area contributed by atoms with Crippen LogP contribution in [0.25, 0.3) is 0 Å². The molecule has 0 saturated carbocycles. The van der Waals surface area contributed by atoms with Gasteiger partial charge in [-0.2, -0.15) is 0 Å².